The Morgan fingerprint density at radius 2 is 2.00 bits per heavy atom. The van der Waals surface area contributed by atoms with E-state index in [0.29, 0.717) is 0 Å². The highest BCUT2D eigenvalue weighted by atomic mass is 14.4. The fourth-order valence-corrected chi connectivity index (χ4v) is 2.80. The molecule has 0 saturated heterocycles. The van der Waals surface area contributed by atoms with Crippen LogP contribution in [0.25, 0.3) is 0 Å². The van der Waals surface area contributed by atoms with E-state index in [4.69, 9.17) is 0 Å². The van der Waals surface area contributed by atoms with Gasteiger partial charge in [0.1, 0.15) is 0 Å². The van der Waals surface area contributed by atoms with Crippen LogP contribution in [0, 0.1) is 23.7 Å². The second kappa shape index (κ2) is 3.60. The molecule has 0 aliphatic heterocycles. The van der Waals surface area contributed by atoms with E-state index in [1.165, 1.54) is 19.3 Å². The predicted octanol–water partition coefficient (Wildman–Crippen LogP) is 3.71. The van der Waals surface area contributed by atoms with Crippen LogP contribution in [-0.2, 0) is 0 Å². The van der Waals surface area contributed by atoms with Crippen molar-refractivity contribution in [3.63, 3.8) is 0 Å². The summed E-state index contributed by atoms with van der Waals surface area (Å²) >= 11 is 0. The molecule has 1 aliphatic rings. The van der Waals surface area contributed by atoms with Crippen LogP contribution in [0.15, 0.2) is 0 Å². The lowest BCUT2D eigenvalue weighted by molar-refractivity contribution is 0.0323. The van der Waals surface area contributed by atoms with E-state index in [1.54, 1.807) is 0 Å². The summed E-state index contributed by atoms with van der Waals surface area (Å²) in [6.45, 7) is 9.50. The summed E-state index contributed by atoms with van der Waals surface area (Å²) in [6, 6.07) is 0. The Balaban J connectivity index is 2.41. The average molecular weight is 154 g/mol. The molecule has 1 rings (SSSR count). The van der Waals surface area contributed by atoms with Crippen LogP contribution in [0.5, 0.6) is 0 Å². The molecule has 1 aliphatic carbocycles. The van der Waals surface area contributed by atoms with Gasteiger partial charge in [0.05, 0.1) is 0 Å². The zero-order valence-corrected chi connectivity index (χ0v) is 8.43. The SMILES string of the molecule is CCC(C)C1C(C)CC1CC. The van der Waals surface area contributed by atoms with Crippen molar-refractivity contribution >= 4 is 0 Å². The van der Waals surface area contributed by atoms with Crippen LogP contribution in [0.3, 0.4) is 0 Å². The third-order valence-electron chi connectivity index (χ3n) is 3.70. The topological polar surface area (TPSA) is 0 Å². The molecular formula is C11H22. The molecule has 0 spiro atoms. The molecule has 66 valence electrons. The normalized spacial score (nSPS) is 39.8. The Morgan fingerprint density at radius 3 is 2.36 bits per heavy atom. The lowest BCUT2D eigenvalue weighted by Crippen LogP contribution is -2.38. The minimum absolute atomic E-state index is 0.962. The lowest BCUT2D eigenvalue weighted by Gasteiger charge is -2.46. The van der Waals surface area contributed by atoms with Crippen molar-refractivity contribution in [1.29, 1.82) is 0 Å². The van der Waals surface area contributed by atoms with E-state index < -0.39 is 0 Å². The summed E-state index contributed by atoms with van der Waals surface area (Å²) in [5.74, 6) is 4.07. The summed E-state index contributed by atoms with van der Waals surface area (Å²) in [5.41, 5.74) is 0. The molecule has 4 unspecified atom stereocenters. The van der Waals surface area contributed by atoms with Gasteiger partial charge in [-0.15, -0.1) is 0 Å². The van der Waals surface area contributed by atoms with Gasteiger partial charge in [0.25, 0.3) is 0 Å². The van der Waals surface area contributed by atoms with E-state index in [0.717, 1.165) is 23.7 Å². The molecule has 0 bridgehead atoms. The highest BCUT2D eigenvalue weighted by molar-refractivity contribution is 4.88. The summed E-state index contributed by atoms with van der Waals surface area (Å²) in [4.78, 5) is 0. The zero-order valence-electron chi connectivity index (χ0n) is 8.43. The first-order valence-electron chi connectivity index (χ1n) is 5.20. The van der Waals surface area contributed by atoms with Crippen LogP contribution in [0.2, 0.25) is 0 Å². The van der Waals surface area contributed by atoms with E-state index >= 15 is 0 Å². The van der Waals surface area contributed by atoms with Gasteiger partial charge in [-0.25, -0.2) is 0 Å². The first-order valence-corrected chi connectivity index (χ1v) is 5.20. The fraction of sp³-hybridized carbons (Fsp3) is 1.00. The van der Waals surface area contributed by atoms with Crippen molar-refractivity contribution in [2.24, 2.45) is 23.7 Å². The Kier molecular flexibility index (Phi) is 2.98. The van der Waals surface area contributed by atoms with Crippen molar-refractivity contribution < 1.29 is 0 Å². The Morgan fingerprint density at radius 1 is 1.36 bits per heavy atom. The minimum atomic E-state index is 0.962. The molecule has 0 N–H and O–H groups in total. The molecule has 11 heavy (non-hydrogen) atoms. The van der Waals surface area contributed by atoms with Crippen molar-refractivity contribution in [1.82, 2.24) is 0 Å². The predicted molar refractivity (Wildman–Crippen MR) is 50.5 cm³/mol. The van der Waals surface area contributed by atoms with Gasteiger partial charge in [0.15, 0.2) is 0 Å². The summed E-state index contributed by atoms with van der Waals surface area (Å²) in [7, 11) is 0. The molecule has 0 aromatic heterocycles. The van der Waals surface area contributed by atoms with Crippen LogP contribution in [-0.4, -0.2) is 0 Å². The number of rotatable bonds is 3. The number of hydrogen-bond donors (Lipinski definition) is 0. The highest BCUT2D eigenvalue weighted by Crippen LogP contribution is 2.47. The first-order chi connectivity index (χ1) is 5.20. The summed E-state index contributed by atoms with van der Waals surface area (Å²) in [5, 5.41) is 0. The van der Waals surface area contributed by atoms with E-state index in [1.807, 2.05) is 0 Å². The standard InChI is InChI=1S/C11H22/c1-5-8(3)11-9(4)7-10(11)6-2/h8-11H,5-7H2,1-4H3. The van der Waals surface area contributed by atoms with Gasteiger partial charge in [-0.3, -0.25) is 0 Å². The van der Waals surface area contributed by atoms with Crippen molar-refractivity contribution in [2.45, 2.75) is 47.0 Å². The van der Waals surface area contributed by atoms with E-state index in [9.17, 15) is 0 Å². The van der Waals surface area contributed by atoms with Gasteiger partial charge >= 0.3 is 0 Å². The summed E-state index contributed by atoms with van der Waals surface area (Å²) < 4.78 is 0. The monoisotopic (exact) mass is 154 g/mol. The third-order valence-corrected chi connectivity index (χ3v) is 3.70. The van der Waals surface area contributed by atoms with Crippen LogP contribution < -0.4 is 0 Å². The Bertz CT molecular complexity index is 111. The maximum atomic E-state index is 2.42. The fourth-order valence-electron chi connectivity index (χ4n) is 2.80. The molecule has 4 atom stereocenters. The van der Waals surface area contributed by atoms with Gasteiger partial charge in [-0.2, -0.15) is 0 Å². The van der Waals surface area contributed by atoms with E-state index in [-0.39, 0.29) is 0 Å². The molecule has 0 aromatic rings. The van der Waals surface area contributed by atoms with Gasteiger partial charge in [-0.1, -0.05) is 40.5 Å². The summed E-state index contributed by atoms with van der Waals surface area (Å²) in [6.07, 6.45) is 4.26. The van der Waals surface area contributed by atoms with Crippen molar-refractivity contribution in [3.05, 3.63) is 0 Å². The Labute approximate surface area is 71.4 Å². The zero-order chi connectivity index (χ0) is 8.43. The Hall–Kier alpha value is 0. The molecular weight excluding hydrogens is 132 g/mol. The van der Waals surface area contributed by atoms with Gasteiger partial charge < -0.3 is 0 Å². The van der Waals surface area contributed by atoms with Gasteiger partial charge in [-0.05, 0) is 30.1 Å². The molecule has 0 heterocycles. The van der Waals surface area contributed by atoms with Crippen molar-refractivity contribution in [2.75, 3.05) is 0 Å². The molecule has 0 aromatic carbocycles. The molecule has 0 amide bonds. The smallest absolute Gasteiger partial charge is 0.0334 e. The molecule has 0 radical (unpaired) electrons. The molecule has 0 nitrogen and oxygen atoms in total. The first kappa shape index (κ1) is 9.09. The highest BCUT2D eigenvalue weighted by Gasteiger charge is 2.38. The van der Waals surface area contributed by atoms with E-state index in [2.05, 4.69) is 27.7 Å². The maximum Gasteiger partial charge on any atom is -0.0334 e. The number of hydrogen-bond acceptors (Lipinski definition) is 0. The molecule has 1 saturated carbocycles. The van der Waals surface area contributed by atoms with Crippen molar-refractivity contribution in [3.8, 4) is 0 Å². The van der Waals surface area contributed by atoms with Crippen LogP contribution in [0.4, 0.5) is 0 Å². The maximum absolute atomic E-state index is 2.42. The quantitative estimate of drug-likeness (QED) is 0.581. The van der Waals surface area contributed by atoms with Crippen LogP contribution >= 0.6 is 0 Å². The molecule has 0 heteroatoms. The average Bonchev–Trinajstić information content (AvgIpc) is 1.99. The van der Waals surface area contributed by atoms with Crippen LogP contribution in [0.1, 0.15) is 47.0 Å². The largest absolute Gasteiger partial charge is 0.0651 e. The second-order valence-electron chi connectivity index (χ2n) is 4.34. The second-order valence-corrected chi connectivity index (χ2v) is 4.34. The third kappa shape index (κ3) is 1.60. The van der Waals surface area contributed by atoms with Gasteiger partial charge in [0, 0.05) is 0 Å². The van der Waals surface area contributed by atoms with Gasteiger partial charge in [0.2, 0.25) is 0 Å². The molecule has 1 fully saturated rings. The lowest BCUT2D eigenvalue weighted by atomic mass is 9.59. The minimum Gasteiger partial charge on any atom is -0.0651 e.